The van der Waals surface area contributed by atoms with E-state index in [1.807, 2.05) is 6.20 Å². The zero-order chi connectivity index (χ0) is 16.8. The summed E-state index contributed by atoms with van der Waals surface area (Å²) in [7, 11) is 2.24. The minimum atomic E-state index is 0.774. The van der Waals surface area contributed by atoms with Gasteiger partial charge in [0.25, 0.3) is 0 Å². The number of aromatic nitrogens is 1. The van der Waals surface area contributed by atoms with Crippen LogP contribution in [0, 0.1) is 12.8 Å². The Labute approximate surface area is 146 Å². The van der Waals surface area contributed by atoms with Crippen LogP contribution in [-0.4, -0.2) is 41.5 Å². The number of piperidine rings is 1. The Morgan fingerprint density at radius 2 is 2.00 bits per heavy atom. The zero-order valence-corrected chi connectivity index (χ0v) is 15.0. The van der Waals surface area contributed by atoms with Crippen molar-refractivity contribution in [2.24, 2.45) is 5.92 Å². The van der Waals surface area contributed by atoms with Crippen LogP contribution in [0.5, 0.6) is 0 Å². The topological polar surface area (TPSA) is 19.4 Å². The molecule has 1 aromatic heterocycles. The first-order valence-electron chi connectivity index (χ1n) is 9.05. The molecule has 24 heavy (non-hydrogen) atoms. The third kappa shape index (κ3) is 5.15. The molecular weight excluding hydrogens is 294 g/mol. The zero-order valence-electron chi connectivity index (χ0n) is 15.0. The second kappa shape index (κ2) is 8.41. The minimum absolute atomic E-state index is 0.774. The first kappa shape index (κ1) is 17.1. The van der Waals surface area contributed by atoms with Crippen LogP contribution in [-0.2, 0) is 13.1 Å². The fourth-order valence-corrected chi connectivity index (χ4v) is 3.81. The molecule has 2 heterocycles. The molecule has 1 aliphatic rings. The summed E-state index contributed by atoms with van der Waals surface area (Å²) in [6.45, 7) is 7.79. The van der Waals surface area contributed by atoms with Crippen LogP contribution in [0.2, 0.25) is 0 Å². The lowest BCUT2D eigenvalue weighted by molar-refractivity contribution is 0.136. The van der Waals surface area contributed by atoms with Crippen molar-refractivity contribution < 1.29 is 0 Å². The van der Waals surface area contributed by atoms with Crippen LogP contribution in [0.15, 0.2) is 48.7 Å². The van der Waals surface area contributed by atoms with Crippen LogP contribution in [0.1, 0.15) is 29.7 Å². The Morgan fingerprint density at radius 3 is 2.79 bits per heavy atom. The van der Waals surface area contributed by atoms with Crippen molar-refractivity contribution in [2.75, 3.05) is 26.7 Å². The van der Waals surface area contributed by atoms with Crippen LogP contribution >= 0.6 is 0 Å². The summed E-state index contributed by atoms with van der Waals surface area (Å²) in [4.78, 5) is 9.37. The van der Waals surface area contributed by atoms with E-state index in [-0.39, 0.29) is 0 Å². The smallest absolute Gasteiger partial charge is 0.0375 e. The van der Waals surface area contributed by atoms with Crippen molar-refractivity contribution in [3.05, 3.63) is 65.5 Å². The predicted octanol–water partition coefficient (Wildman–Crippen LogP) is 3.73. The molecule has 3 nitrogen and oxygen atoms in total. The van der Waals surface area contributed by atoms with E-state index in [2.05, 4.69) is 71.2 Å². The van der Waals surface area contributed by atoms with Crippen LogP contribution < -0.4 is 0 Å². The summed E-state index contributed by atoms with van der Waals surface area (Å²) in [6, 6.07) is 15.2. The van der Waals surface area contributed by atoms with Gasteiger partial charge in [-0.05, 0) is 62.5 Å². The van der Waals surface area contributed by atoms with E-state index < -0.39 is 0 Å². The van der Waals surface area contributed by atoms with Gasteiger partial charge in [0, 0.05) is 38.1 Å². The first-order valence-corrected chi connectivity index (χ1v) is 9.05. The molecule has 1 aliphatic heterocycles. The lowest BCUT2D eigenvalue weighted by Crippen LogP contribution is -2.39. The number of likely N-dealkylation sites (tertiary alicyclic amines) is 1. The minimum Gasteiger partial charge on any atom is -0.302 e. The maximum Gasteiger partial charge on any atom is 0.0375 e. The van der Waals surface area contributed by atoms with Gasteiger partial charge in [-0.2, -0.15) is 0 Å². The number of nitrogens with zero attached hydrogens (tertiary/aromatic N) is 3. The largest absolute Gasteiger partial charge is 0.302 e. The van der Waals surface area contributed by atoms with Crippen LogP contribution in [0.25, 0.3) is 0 Å². The van der Waals surface area contributed by atoms with Crippen molar-refractivity contribution in [1.82, 2.24) is 14.8 Å². The standard InChI is InChI=1S/C21H29N3/c1-18-13-20(10-11-22-18)14-23(2)15-21-9-6-12-24(17-21)16-19-7-4-3-5-8-19/h3-5,7-8,10-11,13,21H,6,9,12,14-17H2,1-2H3. The van der Waals surface area contributed by atoms with Crippen molar-refractivity contribution in [2.45, 2.75) is 32.9 Å². The lowest BCUT2D eigenvalue weighted by atomic mass is 9.97. The number of benzene rings is 1. The van der Waals surface area contributed by atoms with Gasteiger partial charge in [0.15, 0.2) is 0 Å². The molecule has 0 aliphatic carbocycles. The van der Waals surface area contributed by atoms with E-state index in [0.29, 0.717) is 0 Å². The molecule has 128 valence electrons. The SMILES string of the molecule is Cc1cc(CN(C)CC2CCCN(Cc3ccccc3)C2)ccn1. The Balaban J connectivity index is 1.49. The van der Waals surface area contributed by atoms with E-state index >= 15 is 0 Å². The molecule has 1 saturated heterocycles. The van der Waals surface area contributed by atoms with Crippen molar-refractivity contribution in [3.8, 4) is 0 Å². The second-order valence-corrected chi connectivity index (χ2v) is 7.23. The third-order valence-electron chi connectivity index (χ3n) is 4.84. The third-order valence-corrected chi connectivity index (χ3v) is 4.84. The number of pyridine rings is 1. The molecule has 0 spiro atoms. The van der Waals surface area contributed by atoms with Crippen molar-refractivity contribution in [1.29, 1.82) is 0 Å². The summed E-state index contributed by atoms with van der Waals surface area (Å²) in [6.07, 6.45) is 4.59. The molecule has 1 fully saturated rings. The molecule has 3 rings (SSSR count). The van der Waals surface area contributed by atoms with Crippen molar-refractivity contribution in [3.63, 3.8) is 0 Å². The van der Waals surface area contributed by atoms with E-state index in [9.17, 15) is 0 Å². The van der Waals surface area contributed by atoms with Gasteiger partial charge >= 0.3 is 0 Å². The number of hydrogen-bond acceptors (Lipinski definition) is 3. The van der Waals surface area contributed by atoms with Gasteiger partial charge in [-0.25, -0.2) is 0 Å². The summed E-state index contributed by atoms with van der Waals surface area (Å²) in [5, 5.41) is 0. The fraction of sp³-hybridized carbons (Fsp3) is 0.476. The fourth-order valence-electron chi connectivity index (χ4n) is 3.81. The number of rotatable bonds is 6. The summed E-state index contributed by atoms with van der Waals surface area (Å²) in [5.74, 6) is 0.774. The molecule has 0 amide bonds. The average molecular weight is 323 g/mol. The molecule has 3 heteroatoms. The predicted molar refractivity (Wildman–Crippen MR) is 99.8 cm³/mol. The monoisotopic (exact) mass is 323 g/mol. The quantitative estimate of drug-likeness (QED) is 0.807. The molecule has 0 N–H and O–H groups in total. The average Bonchev–Trinajstić information content (AvgIpc) is 2.56. The molecule has 1 atom stereocenters. The molecule has 1 aromatic carbocycles. The normalized spacial score (nSPS) is 18.9. The molecule has 0 radical (unpaired) electrons. The number of hydrogen-bond donors (Lipinski definition) is 0. The molecule has 1 unspecified atom stereocenters. The highest BCUT2D eigenvalue weighted by Gasteiger charge is 2.21. The second-order valence-electron chi connectivity index (χ2n) is 7.23. The molecule has 2 aromatic rings. The summed E-state index contributed by atoms with van der Waals surface area (Å²) >= 11 is 0. The summed E-state index contributed by atoms with van der Waals surface area (Å²) < 4.78 is 0. The van der Waals surface area contributed by atoms with E-state index in [4.69, 9.17) is 0 Å². The van der Waals surface area contributed by atoms with Gasteiger partial charge in [-0.15, -0.1) is 0 Å². The molecular formula is C21H29N3. The Kier molecular flexibility index (Phi) is 6.00. The van der Waals surface area contributed by atoms with E-state index in [1.54, 1.807) is 0 Å². The maximum absolute atomic E-state index is 4.29. The van der Waals surface area contributed by atoms with Crippen LogP contribution in [0.4, 0.5) is 0 Å². The lowest BCUT2D eigenvalue weighted by Gasteiger charge is -2.34. The van der Waals surface area contributed by atoms with Gasteiger partial charge in [0.05, 0.1) is 0 Å². The highest BCUT2D eigenvalue weighted by atomic mass is 15.1. The Bertz CT molecular complexity index is 626. The van der Waals surface area contributed by atoms with Gasteiger partial charge in [0.2, 0.25) is 0 Å². The van der Waals surface area contributed by atoms with E-state index in [0.717, 1.165) is 24.7 Å². The maximum atomic E-state index is 4.29. The molecule has 0 saturated carbocycles. The van der Waals surface area contributed by atoms with Gasteiger partial charge < -0.3 is 4.90 Å². The van der Waals surface area contributed by atoms with Crippen molar-refractivity contribution >= 4 is 0 Å². The number of aryl methyl sites for hydroxylation is 1. The highest BCUT2D eigenvalue weighted by Crippen LogP contribution is 2.20. The van der Waals surface area contributed by atoms with Gasteiger partial charge in [0.1, 0.15) is 0 Å². The Morgan fingerprint density at radius 1 is 1.17 bits per heavy atom. The first-order chi connectivity index (χ1) is 11.7. The van der Waals surface area contributed by atoms with Gasteiger partial charge in [-0.1, -0.05) is 30.3 Å². The Hall–Kier alpha value is -1.71. The van der Waals surface area contributed by atoms with Gasteiger partial charge in [-0.3, -0.25) is 9.88 Å². The molecule has 0 bridgehead atoms. The summed E-state index contributed by atoms with van der Waals surface area (Å²) in [5.41, 5.74) is 3.90. The van der Waals surface area contributed by atoms with E-state index in [1.165, 1.54) is 43.6 Å². The van der Waals surface area contributed by atoms with Crippen LogP contribution in [0.3, 0.4) is 0 Å². The highest BCUT2D eigenvalue weighted by molar-refractivity contribution is 5.15.